The second kappa shape index (κ2) is 13.8. The summed E-state index contributed by atoms with van der Waals surface area (Å²) in [5, 5.41) is 11.3. The van der Waals surface area contributed by atoms with Crippen molar-refractivity contribution in [3.05, 3.63) is 53.9 Å². The molecular formula is C29H42N8O4. The summed E-state index contributed by atoms with van der Waals surface area (Å²) in [6, 6.07) is 4.85. The van der Waals surface area contributed by atoms with E-state index in [2.05, 4.69) is 40.0 Å². The van der Waals surface area contributed by atoms with Crippen molar-refractivity contribution in [1.82, 2.24) is 23.9 Å². The van der Waals surface area contributed by atoms with Crippen LogP contribution in [0.15, 0.2) is 36.8 Å². The van der Waals surface area contributed by atoms with Gasteiger partial charge in [-0.05, 0) is 57.6 Å². The molecule has 3 aromatic rings. The normalized spacial score (nSPS) is 11.1. The Balaban J connectivity index is 1.71. The maximum Gasteiger partial charge on any atom is 0.272 e. The van der Waals surface area contributed by atoms with E-state index in [0.717, 1.165) is 19.4 Å². The molecule has 0 fully saturated rings. The predicted molar refractivity (Wildman–Crippen MR) is 160 cm³/mol. The van der Waals surface area contributed by atoms with Gasteiger partial charge in [0.15, 0.2) is 0 Å². The molecule has 222 valence electrons. The Morgan fingerprint density at radius 2 is 1.29 bits per heavy atom. The van der Waals surface area contributed by atoms with Crippen LogP contribution >= 0.6 is 0 Å². The van der Waals surface area contributed by atoms with Crippen molar-refractivity contribution in [1.29, 1.82) is 0 Å². The first-order valence-electron chi connectivity index (χ1n) is 13.7. The summed E-state index contributed by atoms with van der Waals surface area (Å²) < 4.78 is 5.10. The van der Waals surface area contributed by atoms with Gasteiger partial charge in [0.2, 0.25) is 5.91 Å². The Labute approximate surface area is 241 Å². The molecule has 0 aliphatic rings. The number of hydrogen-bond acceptors (Lipinski definition) is 5. The van der Waals surface area contributed by atoms with Crippen molar-refractivity contribution in [2.45, 2.75) is 40.2 Å². The van der Waals surface area contributed by atoms with Crippen molar-refractivity contribution >= 4 is 40.7 Å². The minimum Gasteiger partial charge on any atom is -0.351 e. The highest BCUT2D eigenvalue weighted by molar-refractivity contribution is 6.07. The molecule has 0 radical (unpaired) electrons. The Kier molecular flexibility index (Phi) is 10.5. The first-order valence-corrected chi connectivity index (χ1v) is 13.7. The van der Waals surface area contributed by atoms with Gasteiger partial charge in [-0.1, -0.05) is 13.8 Å². The highest BCUT2D eigenvalue weighted by Gasteiger charge is 2.19. The van der Waals surface area contributed by atoms with E-state index in [9.17, 15) is 19.2 Å². The van der Waals surface area contributed by atoms with E-state index in [4.69, 9.17) is 0 Å². The molecular weight excluding hydrogens is 524 g/mol. The fourth-order valence-corrected chi connectivity index (χ4v) is 4.35. The molecule has 3 heterocycles. The Morgan fingerprint density at radius 3 is 1.80 bits per heavy atom. The van der Waals surface area contributed by atoms with Crippen LogP contribution in [0.25, 0.3) is 0 Å². The third kappa shape index (κ3) is 8.84. The summed E-state index contributed by atoms with van der Waals surface area (Å²) >= 11 is 0. The summed E-state index contributed by atoms with van der Waals surface area (Å²) in [6.07, 6.45) is 6.79. The molecule has 0 aromatic carbocycles. The van der Waals surface area contributed by atoms with Gasteiger partial charge in [-0.15, -0.1) is 0 Å². The smallest absolute Gasteiger partial charge is 0.272 e. The zero-order chi connectivity index (χ0) is 30.3. The molecule has 12 nitrogen and oxygen atoms in total. The molecule has 4 N–H and O–H groups in total. The van der Waals surface area contributed by atoms with E-state index in [1.54, 1.807) is 60.0 Å². The number of nitrogens with zero attached hydrogens (tertiary/aromatic N) is 4. The molecule has 0 bridgehead atoms. The Bertz CT molecular complexity index is 1400. The molecule has 12 heteroatoms. The number of amides is 4. The largest absolute Gasteiger partial charge is 0.351 e. The second-order valence-corrected chi connectivity index (χ2v) is 10.9. The lowest BCUT2D eigenvalue weighted by atomic mass is 10.1. The van der Waals surface area contributed by atoms with Crippen LogP contribution in [0.2, 0.25) is 0 Å². The summed E-state index contributed by atoms with van der Waals surface area (Å²) in [7, 11) is 7.40. The molecule has 0 saturated heterocycles. The zero-order valence-corrected chi connectivity index (χ0v) is 25.0. The second-order valence-electron chi connectivity index (χ2n) is 10.9. The molecule has 0 spiro atoms. The average molecular weight is 567 g/mol. The van der Waals surface area contributed by atoms with Crippen LogP contribution < -0.4 is 21.3 Å². The van der Waals surface area contributed by atoms with Gasteiger partial charge in [-0.3, -0.25) is 19.2 Å². The maximum atomic E-state index is 13.2. The molecule has 3 aromatic heterocycles. The monoisotopic (exact) mass is 566 g/mol. The van der Waals surface area contributed by atoms with Crippen LogP contribution in [-0.4, -0.2) is 69.4 Å². The van der Waals surface area contributed by atoms with Gasteiger partial charge in [0, 0.05) is 52.7 Å². The molecule has 0 atom stereocenters. The van der Waals surface area contributed by atoms with Gasteiger partial charge in [-0.25, -0.2) is 0 Å². The fourth-order valence-electron chi connectivity index (χ4n) is 4.35. The summed E-state index contributed by atoms with van der Waals surface area (Å²) in [5.74, 6) is -0.719. The van der Waals surface area contributed by atoms with Crippen molar-refractivity contribution in [3.8, 4) is 0 Å². The molecule has 0 saturated carbocycles. The highest BCUT2D eigenvalue weighted by atomic mass is 16.2. The number of carbonyl (C=O) groups excluding carboxylic acids is 4. The van der Waals surface area contributed by atoms with Crippen LogP contribution in [0.4, 0.5) is 17.1 Å². The molecule has 0 unspecified atom stereocenters. The van der Waals surface area contributed by atoms with Gasteiger partial charge in [0.1, 0.15) is 17.1 Å². The van der Waals surface area contributed by atoms with Crippen LogP contribution in [0, 0.1) is 5.92 Å². The number of rotatable bonds is 13. The van der Waals surface area contributed by atoms with Gasteiger partial charge in [0.05, 0.1) is 17.1 Å². The van der Waals surface area contributed by atoms with Crippen LogP contribution in [-0.2, 0) is 25.4 Å². The summed E-state index contributed by atoms with van der Waals surface area (Å²) in [5.41, 5.74) is 2.64. The number of nitrogens with one attached hydrogen (secondary N) is 4. The molecule has 4 amide bonds. The molecule has 0 aliphatic heterocycles. The predicted octanol–water partition coefficient (Wildman–Crippen LogP) is 3.36. The van der Waals surface area contributed by atoms with Crippen molar-refractivity contribution < 1.29 is 19.2 Å². The van der Waals surface area contributed by atoms with Gasteiger partial charge < -0.3 is 39.9 Å². The SMILES string of the molecule is CC(=O)Nc1cc(C(=O)Nc2cc(C(=O)Nc3cc(C(=O)NCCCN(C)C)n(CCC(C)C)c3)n(C)c2)n(C)c1. The van der Waals surface area contributed by atoms with Gasteiger partial charge in [0.25, 0.3) is 17.7 Å². The Hall–Kier alpha value is -4.32. The fraction of sp³-hybridized carbons (Fsp3) is 0.448. The standard InChI is InChI=1S/C29H42N8O4/c1-19(2)9-12-37-18-23(15-26(37)27(39)30-10-8-11-34(4)5)33-29(41)25-14-22(17-36(25)7)32-28(40)24-13-21(16-35(24)6)31-20(3)38/h13-19H,8-12H2,1-7H3,(H,30,39)(H,31,38)(H,32,40)(H,33,41). The van der Waals surface area contributed by atoms with Crippen molar-refractivity contribution in [3.63, 3.8) is 0 Å². The van der Waals surface area contributed by atoms with Crippen LogP contribution in [0.5, 0.6) is 0 Å². The van der Waals surface area contributed by atoms with E-state index in [0.29, 0.717) is 53.2 Å². The lowest BCUT2D eigenvalue weighted by Gasteiger charge is -2.12. The quantitative estimate of drug-likeness (QED) is 0.236. The van der Waals surface area contributed by atoms with Gasteiger partial charge >= 0.3 is 0 Å². The molecule has 41 heavy (non-hydrogen) atoms. The number of anilines is 3. The van der Waals surface area contributed by atoms with Gasteiger partial charge in [-0.2, -0.15) is 0 Å². The molecule has 3 rings (SSSR count). The van der Waals surface area contributed by atoms with Crippen molar-refractivity contribution in [2.75, 3.05) is 43.1 Å². The summed E-state index contributed by atoms with van der Waals surface area (Å²) in [6.45, 7) is 7.73. The summed E-state index contributed by atoms with van der Waals surface area (Å²) in [4.78, 5) is 52.4. The first-order chi connectivity index (χ1) is 19.3. The van der Waals surface area contributed by atoms with E-state index in [-0.39, 0.29) is 23.6 Å². The third-order valence-corrected chi connectivity index (χ3v) is 6.46. The molecule has 0 aliphatic carbocycles. The van der Waals surface area contributed by atoms with E-state index >= 15 is 0 Å². The van der Waals surface area contributed by atoms with E-state index in [1.807, 2.05) is 18.7 Å². The number of aryl methyl sites for hydroxylation is 3. The third-order valence-electron chi connectivity index (χ3n) is 6.46. The average Bonchev–Trinajstić information content (AvgIpc) is 3.56. The maximum absolute atomic E-state index is 13.2. The minimum absolute atomic E-state index is 0.181. The number of carbonyl (C=O) groups is 4. The first kappa shape index (κ1) is 31.2. The zero-order valence-electron chi connectivity index (χ0n) is 25.0. The topological polar surface area (TPSA) is 134 Å². The number of hydrogen-bond donors (Lipinski definition) is 4. The minimum atomic E-state index is -0.384. The van der Waals surface area contributed by atoms with Crippen molar-refractivity contribution in [2.24, 2.45) is 20.0 Å². The van der Waals surface area contributed by atoms with E-state index in [1.165, 1.54) is 6.92 Å². The number of aromatic nitrogens is 3. The van der Waals surface area contributed by atoms with E-state index < -0.39 is 0 Å². The van der Waals surface area contributed by atoms with Crippen LogP contribution in [0.3, 0.4) is 0 Å². The highest BCUT2D eigenvalue weighted by Crippen LogP contribution is 2.20. The lowest BCUT2D eigenvalue weighted by Crippen LogP contribution is -2.28. The Morgan fingerprint density at radius 1 is 0.780 bits per heavy atom. The lowest BCUT2D eigenvalue weighted by molar-refractivity contribution is -0.114. The van der Waals surface area contributed by atoms with Crippen LogP contribution in [0.1, 0.15) is 65.1 Å².